The molecule has 8 nitrogen and oxygen atoms in total. The smallest absolute Gasteiger partial charge is 0.338 e. The highest BCUT2D eigenvalue weighted by Crippen LogP contribution is 2.35. The fourth-order valence-corrected chi connectivity index (χ4v) is 5.24. The lowest BCUT2D eigenvalue weighted by atomic mass is 9.79. The highest BCUT2D eigenvalue weighted by atomic mass is 32.2. The molecule has 4 rings (SSSR count). The number of sulfonamides is 1. The summed E-state index contributed by atoms with van der Waals surface area (Å²) in [4.78, 5) is 11.1. The van der Waals surface area contributed by atoms with Crippen LogP contribution in [0.1, 0.15) is 54.4 Å². The number of rotatable bonds is 7. The molecule has 0 aliphatic heterocycles. The summed E-state index contributed by atoms with van der Waals surface area (Å²) in [6.07, 6.45) is 6.33. The zero-order valence-electron chi connectivity index (χ0n) is 18.9. The molecule has 0 amide bonds. The molecule has 180 valence electrons. The van der Waals surface area contributed by atoms with Crippen LogP contribution in [0.5, 0.6) is 5.75 Å². The van der Waals surface area contributed by atoms with Crippen molar-refractivity contribution in [2.75, 3.05) is 11.8 Å². The highest BCUT2D eigenvalue weighted by Gasteiger charge is 2.23. The minimum atomic E-state index is -4.19. The number of carbonyl (C=O) groups is 1. The fourth-order valence-electron chi connectivity index (χ4n) is 4.25. The predicted molar refractivity (Wildman–Crippen MR) is 125 cm³/mol. The van der Waals surface area contributed by atoms with E-state index in [0.717, 1.165) is 18.1 Å². The number of anilines is 1. The van der Waals surface area contributed by atoms with Gasteiger partial charge in [0, 0.05) is 12.3 Å². The topological polar surface area (TPSA) is 111 Å². The number of methoxy groups -OCH3 is 1. The van der Waals surface area contributed by atoms with E-state index in [9.17, 15) is 17.6 Å². The predicted octanol–water partition coefficient (Wildman–Crippen LogP) is 4.81. The van der Waals surface area contributed by atoms with Crippen LogP contribution in [0.25, 0.3) is 5.69 Å². The summed E-state index contributed by atoms with van der Waals surface area (Å²) in [5.41, 5.74) is 1.13. The van der Waals surface area contributed by atoms with Gasteiger partial charge in [0.15, 0.2) is 5.03 Å². The Morgan fingerprint density at radius 3 is 2.44 bits per heavy atom. The standard InChI is InChI=1S/C24H26FN3O5S/c1-15-3-5-16(6-4-15)17-7-9-18(10-8-17)28-12-11-23(26-28)34(31,32)27-21-14-20(25)19(24(29)30)13-22(21)33-2/h7-16,27H,3-6H2,1-2H3,(H,29,30)/t15-,16+. The molecular weight excluding hydrogens is 461 g/mol. The summed E-state index contributed by atoms with van der Waals surface area (Å²) in [5.74, 6) is -1.39. The van der Waals surface area contributed by atoms with Crippen molar-refractivity contribution in [2.24, 2.45) is 5.92 Å². The van der Waals surface area contributed by atoms with Crippen molar-refractivity contribution >= 4 is 21.7 Å². The molecule has 3 aromatic rings. The lowest BCUT2D eigenvalue weighted by Gasteiger charge is -2.26. The molecule has 0 radical (unpaired) electrons. The van der Waals surface area contributed by atoms with E-state index in [4.69, 9.17) is 9.84 Å². The Morgan fingerprint density at radius 1 is 1.15 bits per heavy atom. The molecular formula is C24H26FN3O5S. The van der Waals surface area contributed by atoms with E-state index in [0.29, 0.717) is 11.6 Å². The zero-order valence-corrected chi connectivity index (χ0v) is 19.7. The molecule has 0 bridgehead atoms. The molecule has 0 saturated heterocycles. The van der Waals surface area contributed by atoms with E-state index in [-0.39, 0.29) is 16.5 Å². The molecule has 0 spiro atoms. The van der Waals surface area contributed by atoms with Gasteiger partial charge >= 0.3 is 5.97 Å². The number of nitrogens with one attached hydrogen (secondary N) is 1. The van der Waals surface area contributed by atoms with Gasteiger partial charge in [0.2, 0.25) is 0 Å². The first kappa shape index (κ1) is 23.7. The number of benzene rings is 2. The average molecular weight is 488 g/mol. The van der Waals surface area contributed by atoms with Crippen LogP contribution in [-0.4, -0.2) is 36.4 Å². The van der Waals surface area contributed by atoms with E-state index < -0.39 is 27.4 Å². The number of ether oxygens (including phenoxy) is 1. The quantitative estimate of drug-likeness (QED) is 0.495. The molecule has 10 heteroatoms. The molecule has 1 fully saturated rings. The summed E-state index contributed by atoms with van der Waals surface area (Å²) in [5, 5.41) is 12.9. The monoisotopic (exact) mass is 487 g/mol. The number of aromatic nitrogens is 2. The molecule has 1 saturated carbocycles. The molecule has 2 aromatic carbocycles. The third-order valence-electron chi connectivity index (χ3n) is 6.25. The first-order valence-electron chi connectivity index (χ1n) is 11.0. The van der Waals surface area contributed by atoms with Crippen molar-refractivity contribution in [1.29, 1.82) is 0 Å². The van der Waals surface area contributed by atoms with Crippen molar-refractivity contribution in [3.8, 4) is 11.4 Å². The van der Waals surface area contributed by atoms with E-state index in [1.807, 2.05) is 12.1 Å². The van der Waals surface area contributed by atoms with Gasteiger partial charge in [-0.05, 0) is 54.5 Å². The van der Waals surface area contributed by atoms with Gasteiger partial charge in [0.25, 0.3) is 10.0 Å². The second-order valence-electron chi connectivity index (χ2n) is 8.59. The van der Waals surface area contributed by atoms with Crippen molar-refractivity contribution < 1.29 is 27.4 Å². The van der Waals surface area contributed by atoms with Gasteiger partial charge in [-0.25, -0.2) is 13.9 Å². The maximum atomic E-state index is 14.1. The average Bonchev–Trinajstić information content (AvgIpc) is 3.31. The van der Waals surface area contributed by atoms with Gasteiger partial charge in [0.1, 0.15) is 11.6 Å². The molecule has 2 N–H and O–H groups in total. The second-order valence-corrected chi connectivity index (χ2v) is 10.2. The van der Waals surface area contributed by atoms with Gasteiger partial charge < -0.3 is 9.84 Å². The summed E-state index contributed by atoms with van der Waals surface area (Å²) >= 11 is 0. The first-order chi connectivity index (χ1) is 16.2. The highest BCUT2D eigenvalue weighted by molar-refractivity contribution is 7.92. The Labute approximate surface area is 197 Å². The van der Waals surface area contributed by atoms with Crippen LogP contribution in [0.2, 0.25) is 0 Å². The van der Waals surface area contributed by atoms with Crippen LogP contribution < -0.4 is 9.46 Å². The minimum absolute atomic E-state index is 0.130. The van der Waals surface area contributed by atoms with Crippen LogP contribution in [-0.2, 0) is 10.0 Å². The number of hydrogen-bond acceptors (Lipinski definition) is 5. The molecule has 0 atom stereocenters. The summed E-state index contributed by atoms with van der Waals surface area (Å²) in [6.45, 7) is 2.29. The third-order valence-corrected chi connectivity index (χ3v) is 7.51. The molecule has 34 heavy (non-hydrogen) atoms. The third kappa shape index (κ3) is 4.91. The molecule has 0 unspecified atom stereocenters. The second kappa shape index (κ2) is 9.46. The lowest BCUT2D eigenvalue weighted by Crippen LogP contribution is -2.15. The number of carboxylic acid groups (broad SMARTS) is 1. The van der Waals surface area contributed by atoms with Crippen molar-refractivity contribution in [1.82, 2.24) is 9.78 Å². The van der Waals surface area contributed by atoms with Crippen LogP contribution in [0.3, 0.4) is 0 Å². The van der Waals surface area contributed by atoms with Gasteiger partial charge in [0.05, 0.1) is 24.0 Å². The summed E-state index contributed by atoms with van der Waals surface area (Å²) < 4.78 is 48.5. The van der Waals surface area contributed by atoms with Crippen molar-refractivity contribution in [2.45, 2.75) is 43.6 Å². The Balaban J connectivity index is 1.53. The number of halogens is 1. The lowest BCUT2D eigenvalue weighted by molar-refractivity contribution is 0.0691. The van der Waals surface area contributed by atoms with Crippen LogP contribution >= 0.6 is 0 Å². The SMILES string of the molecule is COc1cc(C(=O)O)c(F)cc1NS(=O)(=O)c1ccn(-c2ccc([C@H]3CC[C@@H](C)CC3)cc2)n1. The number of aromatic carboxylic acids is 1. The van der Waals surface area contributed by atoms with Crippen LogP contribution in [0.15, 0.2) is 53.7 Å². The Bertz CT molecular complexity index is 1300. The van der Waals surface area contributed by atoms with E-state index >= 15 is 0 Å². The number of hydrogen-bond donors (Lipinski definition) is 2. The molecule has 1 aliphatic rings. The Kier molecular flexibility index (Phi) is 6.60. The molecule has 1 aliphatic carbocycles. The number of nitrogens with zero attached hydrogens (tertiary/aromatic N) is 2. The summed E-state index contributed by atoms with van der Waals surface area (Å²) in [6, 6.07) is 10.9. The Morgan fingerprint density at radius 2 is 1.82 bits per heavy atom. The van der Waals surface area contributed by atoms with Gasteiger partial charge in [-0.15, -0.1) is 0 Å². The molecule has 1 aromatic heterocycles. The van der Waals surface area contributed by atoms with Gasteiger partial charge in [-0.1, -0.05) is 31.9 Å². The fraction of sp³-hybridized carbons (Fsp3) is 0.333. The summed E-state index contributed by atoms with van der Waals surface area (Å²) in [7, 11) is -2.96. The van der Waals surface area contributed by atoms with Crippen LogP contribution in [0.4, 0.5) is 10.1 Å². The van der Waals surface area contributed by atoms with Crippen molar-refractivity contribution in [3.63, 3.8) is 0 Å². The van der Waals surface area contributed by atoms with E-state index in [2.05, 4.69) is 28.9 Å². The van der Waals surface area contributed by atoms with Gasteiger partial charge in [-0.2, -0.15) is 13.5 Å². The maximum Gasteiger partial charge on any atom is 0.338 e. The number of carboxylic acids is 1. The first-order valence-corrected chi connectivity index (χ1v) is 12.5. The van der Waals surface area contributed by atoms with Crippen molar-refractivity contribution in [3.05, 3.63) is 65.6 Å². The maximum absolute atomic E-state index is 14.1. The van der Waals surface area contributed by atoms with Gasteiger partial charge in [-0.3, -0.25) is 4.72 Å². The minimum Gasteiger partial charge on any atom is -0.495 e. The largest absolute Gasteiger partial charge is 0.495 e. The van der Waals surface area contributed by atoms with E-state index in [1.54, 1.807) is 0 Å². The Hall–Kier alpha value is -3.40. The van der Waals surface area contributed by atoms with E-state index in [1.165, 1.54) is 55.3 Å². The zero-order chi connectivity index (χ0) is 24.5. The van der Waals surface area contributed by atoms with Crippen LogP contribution in [0, 0.1) is 11.7 Å². The normalized spacial score (nSPS) is 18.4. The molecule has 1 heterocycles.